The van der Waals surface area contributed by atoms with Crippen molar-refractivity contribution in [2.24, 2.45) is 5.92 Å². The Morgan fingerprint density at radius 3 is 3.50 bits per heavy atom. The summed E-state index contributed by atoms with van der Waals surface area (Å²) in [5.41, 5.74) is 4.48. The van der Waals surface area contributed by atoms with Crippen LogP contribution in [0.4, 0.5) is 0 Å². The van der Waals surface area contributed by atoms with Crippen molar-refractivity contribution in [3.05, 3.63) is 11.6 Å². The Hall–Kier alpha value is -0.340. The maximum atomic E-state index is 5.15. The van der Waals surface area contributed by atoms with Crippen LogP contribution in [-0.2, 0) is 4.84 Å². The number of hydrogen-bond donors (Lipinski definition) is 1. The van der Waals surface area contributed by atoms with E-state index in [0.717, 1.165) is 19.1 Å². The first-order valence-corrected chi connectivity index (χ1v) is 4.00. The van der Waals surface area contributed by atoms with Gasteiger partial charge in [0, 0.05) is 12.5 Å². The first-order valence-electron chi connectivity index (χ1n) is 4.00. The van der Waals surface area contributed by atoms with E-state index in [1.807, 2.05) is 0 Å². The number of fused-ring (bicyclic) bond motifs is 1. The monoisotopic (exact) mass is 139 g/mol. The van der Waals surface area contributed by atoms with Gasteiger partial charge in [-0.2, -0.15) is 5.48 Å². The summed E-state index contributed by atoms with van der Waals surface area (Å²) in [5.74, 6) is 0.731. The van der Waals surface area contributed by atoms with Gasteiger partial charge in [-0.3, -0.25) is 0 Å². The minimum absolute atomic E-state index is 0.731. The van der Waals surface area contributed by atoms with Gasteiger partial charge in [0.05, 0.1) is 6.61 Å². The molecule has 0 saturated carbocycles. The van der Waals surface area contributed by atoms with Gasteiger partial charge in [-0.25, -0.2) is 0 Å². The van der Waals surface area contributed by atoms with E-state index in [1.165, 1.54) is 19.3 Å². The summed E-state index contributed by atoms with van der Waals surface area (Å²) >= 11 is 0. The summed E-state index contributed by atoms with van der Waals surface area (Å²) in [7, 11) is 0. The van der Waals surface area contributed by atoms with Gasteiger partial charge in [0.1, 0.15) is 0 Å². The normalized spacial score (nSPS) is 32.8. The minimum atomic E-state index is 0.731. The average molecular weight is 139 g/mol. The highest BCUT2D eigenvalue weighted by Gasteiger charge is 2.20. The number of hydrogen-bond acceptors (Lipinski definition) is 2. The largest absolute Gasteiger partial charge is 0.301 e. The first-order chi connectivity index (χ1) is 4.97. The lowest BCUT2D eigenvalue weighted by Crippen LogP contribution is -2.33. The van der Waals surface area contributed by atoms with Crippen molar-refractivity contribution in [1.29, 1.82) is 0 Å². The molecule has 2 nitrogen and oxygen atoms in total. The van der Waals surface area contributed by atoms with Gasteiger partial charge in [-0.15, -0.1) is 0 Å². The second kappa shape index (κ2) is 2.72. The van der Waals surface area contributed by atoms with Crippen molar-refractivity contribution in [2.45, 2.75) is 19.3 Å². The second-order valence-electron chi connectivity index (χ2n) is 3.04. The fraction of sp³-hybridized carbons (Fsp3) is 0.750. The zero-order valence-corrected chi connectivity index (χ0v) is 6.10. The molecule has 0 spiro atoms. The molecule has 2 aliphatic rings. The van der Waals surface area contributed by atoms with Crippen LogP contribution in [0.1, 0.15) is 19.3 Å². The molecule has 1 unspecified atom stereocenters. The van der Waals surface area contributed by atoms with Gasteiger partial charge in [-0.05, 0) is 19.3 Å². The molecule has 1 atom stereocenters. The molecule has 0 bridgehead atoms. The minimum Gasteiger partial charge on any atom is -0.301 e. The van der Waals surface area contributed by atoms with Gasteiger partial charge >= 0.3 is 0 Å². The van der Waals surface area contributed by atoms with Crippen LogP contribution in [0.2, 0.25) is 0 Å². The van der Waals surface area contributed by atoms with E-state index in [2.05, 4.69) is 11.6 Å². The average Bonchev–Trinajstić information content (AvgIpc) is 2.05. The molecule has 1 N–H and O–H groups in total. The Balaban J connectivity index is 2.08. The third-order valence-corrected chi connectivity index (χ3v) is 2.35. The molecule has 2 heteroatoms. The van der Waals surface area contributed by atoms with Gasteiger partial charge in [0.2, 0.25) is 0 Å². The molecule has 1 fully saturated rings. The van der Waals surface area contributed by atoms with E-state index < -0.39 is 0 Å². The smallest absolute Gasteiger partial charge is 0.0748 e. The molecule has 1 aliphatic heterocycles. The highest BCUT2D eigenvalue weighted by Crippen LogP contribution is 2.26. The Morgan fingerprint density at radius 1 is 1.60 bits per heavy atom. The first kappa shape index (κ1) is 6.38. The molecule has 1 aliphatic carbocycles. The molecule has 0 aromatic rings. The standard InChI is InChI=1S/C8H13NO/c1-2-4-8-6-10-9-5-7(8)3-1/h3,8-9H,1-2,4-6H2. The van der Waals surface area contributed by atoms with Crippen LogP contribution < -0.4 is 5.48 Å². The van der Waals surface area contributed by atoms with Crippen LogP contribution in [0.25, 0.3) is 0 Å². The van der Waals surface area contributed by atoms with E-state index in [9.17, 15) is 0 Å². The summed E-state index contributed by atoms with van der Waals surface area (Å²) in [6.07, 6.45) is 6.31. The number of allylic oxidation sites excluding steroid dienone is 1. The van der Waals surface area contributed by atoms with Crippen LogP contribution in [0.15, 0.2) is 11.6 Å². The molecular formula is C8H13NO. The molecule has 2 rings (SSSR count). The van der Waals surface area contributed by atoms with E-state index in [4.69, 9.17) is 4.84 Å². The van der Waals surface area contributed by atoms with Crippen molar-refractivity contribution in [3.63, 3.8) is 0 Å². The van der Waals surface area contributed by atoms with Gasteiger partial charge in [-0.1, -0.05) is 11.6 Å². The zero-order valence-electron chi connectivity index (χ0n) is 6.10. The Kier molecular flexibility index (Phi) is 1.74. The number of hydroxylamine groups is 1. The molecule has 10 heavy (non-hydrogen) atoms. The van der Waals surface area contributed by atoms with E-state index in [0.29, 0.717) is 0 Å². The number of nitrogens with one attached hydrogen (secondary N) is 1. The highest BCUT2D eigenvalue weighted by atomic mass is 16.6. The van der Waals surface area contributed by atoms with Crippen LogP contribution in [0, 0.1) is 5.92 Å². The van der Waals surface area contributed by atoms with E-state index in [1.54, 1.807) is 5.57 Å². The van der Waals surface area contributed by atoms with E-state index >= 15 is 0 Å². The lowest BCUT2D eigenvalue weighted by Gasteiger charge is -2.28. The maximum absolute atomic E-state index is 5.15. The fourth-order valence-corrected chi connectivity index (χ4v) is 1.70. The molecule has 1 heterocycles. The topological polar surface area (TPSA) is 21.3 Å². The van der Waals surface area contributed by atoms with Crippen LogP contribution in [-0.4, -0.2) is 13.2 Å². The van der Waals surface area contributed by atoms with Gasteiger partial charge < -0.3 is 4.84 Å². The predicted molar refractivity (Wildman–Crippen MR) is 39.4 cm³/mol. The molecule has 56 valence electrons. The third kappa shape index (κ3) is 1.09. The summed E-state index contributed by atoms with van der Waals surface area (Å²) in [5, 5.41) is 0. The van der Waals surface area contributed by atoms with Crippen LogP contribution in [0.3, 0.4) is 0 Å². The Morgan fingerprint density at radius 2 is 2.60 bits per heavy atom. The zero-order chi connectivity index (χ0) is 6.81. The lowest BCUT2D eigenvalue weighted by molar-refractivity contribution is 0.00108. The summed E-state index contributed by atoms with van der Waals surface area (Å²) in [4.78, 5) is 5.15. The van der Waals surface area contributed by atoms with E-state index in [-0.39, 0.29) is 0 Å². The summed E-state index contributed by atoms with van der Waals surface area (Å²) in [6, 6.07) is 0. The van der Waals surface area contributed by atoms with Gasteiger partial charge in [0.15, 0.2) is 0 Å². The Bertz CT molecular complexity index is 153. The second-order valence-corrected chi connectivity index (χ2v) is 3.04. The van der Waals surface area contributed by atoms with Crippen LogP contribution >= 0.6 is 0 Å². The summed E-state index contributed by atoms with van der Waals surface area (Å²) in [6.45, 7) is 1.83. The molecule has 1 saturated heterocycles. The molecule has 0 aromatic heterocycles. The molecule has 0 aromatic carbocycles. The quantitative estimate of drug-likeness (QED) is 0.510. The van der Waals surface area contributed by atoms with Gasteiger partial charge in [0.25, 0.3) is 0 Å². The molecular weight excluding hydrogens is 126 g/mol. The maximum Gasteiger partial charge on any atom is 0.0748 e. The number of rotatable bonds is 0. The van der Waals surface area contributed by atoms with Crippen molar-refractivity contribution in [3.8, 4) is 0 Å². The van der Waals surface area contributed by atoms with Crippen molar-refractivity contribution in [1.82, 2.24) is 5.48 Å². The SMILES string of the molecule is C1=C2CNOCC2CCC1. The van der Waals surface area contributed by atoms with Crippen molar-refractivity contribution < 1.29 is 4.84 Å². The molecule has 0 amide bonds. The third-order valence-electron chi connectivity index (χ3n) is 2.35. The van der Waals surface area contributed by atoms with Crippen molar-refractivity contribution >= 4 is 0 Å². The highest BCUT2D eigenvalue weighted by molar-refractivity contribution is 5.12. The fourth-order valence-electron chi connectivity index (χ4n) is 1.70. The summed E-state index contributed by atoms with van der Waals surface area (Å²) < 4.78 is 0. The van der Waals surface area contributed by atoms with Crippen LogP contribution in [0.5, 0.6) is 0 Å². The lowest BCUT2D eigenvalue weighted by atomic mass is 9.88. The van der Waals surface area contributed by atoms with Crippen molar-refractivity contribution in [2.75, 3.05) is 13.2 Å². The predicted octanol–water partition coefficient (Wildman–Crippen LogP) is 1.25. The molecule has 0 radical (unpaired) electrons. The Labute approximate surface area is 61.2 Å².